The second-order valence-electron chi connectivity index (χ2n) is 6.32. The Labute approximate surface area is 139 Å². The van der Waals surface area contributed by atoms with E-state index >= 15 is 0 Å². The molecule has 1 unspecified atom stereocenters. The molecule has 0 bridgehead atoms. The molecule has 1 aromatic rings. The van der Waals surface area contributed by atoms with E-state index in [-0.39, 0.29) is 28.9 Å². The molecule has 2 heterocycles. The SMILES string of the molecule is O=C(C1CCS(=O)(=O)CC1)N1CCNCC1c1cccc(F)c1F. The van der Waals surface area contributed by atoms with Crippen LogP contribution < -0.4 is 5.32 Å². The van der Waals surface area contributed by atoms with Crippen LogP contribution in [0, 0.1) is 17.6 Å². The van der Waals surface area contributed by atoms with Crippen molar-refractivity contribution in [3.05, 3.63) is 35.4 Å². The van der Waals surface area contributed by atoms with Gasteiger partial charge in [0.05, 0.1) is 17.5 Å². The van der Waals surface area contributed by atoms with Crippen LogP contribution >= 0.6 is 0 Å². The molecular formula is C16H20F2N2O3S. The Morgan fingerprint density at radius 1 is 1.21 bits per heavy atom. The summed E-state index contributed by atoms with van der Waals surface area (Å²) in [7, 11) is -3.05. The van der Waals surface area contributed by atoms with E-state index < -0.39 is 27.5 Å². The van der Waals surface area contributed by atoms with Gasteiger partial charge < -0.3 is 10.2 Å². The second-order valence-corrected chi connectivity index (χ2v) is 8.62. The molecule has 1 amide bonds. The van der Waals surface area contributed by atoms with Gasteiger partial charge in [-0.25, -0.2) is 17.2 Å². The van der Waals surface area contributed by atoms with Crippen LogP contribution in [0.4, 0.5) is 8.78 Å². The Kier molecular flexibility index (Phi) is 4.87. The van der Waals surface area contributed by atoms with Crippen molar-refractivity contribution in [2.24, 2.45) is 5.92 Å². The minimum Gasteiger partial charge on any atom is -0.333 e. The highest BCUT2D eigenvalue weighted by Gasteiger charge is 2.36. The summed E-state index contributed by atoms with van der Waals surface area (Å²) in [6, 6.07) is 3.38. The predicted molar refractivity (Wildman–Crippen MR) is 85.1 cm³/mol. The number of sulfone groups is 1. The van der Waals surface area contributed by atoms with Crippen LogP contribution in [-0.2, 0) is 14.6 Å². The van der Waals surface area contributed by atoms with Gasteiger partial charge in [-0.3, -0.25) is 4.79 Å². The van der Waals surface area contributed by atoms with Gasteiger partial charge in [0.25, 0.3) is 0 Å². The van der Waals surface area contributed by atoms with E-state index in [0.29, 0.717) is 32.5 Å². The number of carbonyl (C=O) groups excluding carboxylic acids is 1. The molecule has 3 rings (SSSR count). The molecule has 2 aliphatic rings. The maximum atomic E-state index is 14.1. The number of nitrogens with zero attached hydrogens (tertiary/aromatic N) is 1. The number of nitrogens with one attached hydrogen (secondary N) is 1. The number of benzene rings is 1. The number of hydrogen-bond acceptors (Lipinski definition) is 4. The van der Waals surface area contributed by atoms with E-state index in [0.717, 1.165) is 6.07 Å². The Bertz CT molecular complexity index is 725. The summed E-state index contributed by atoms with van der Waals surface area (Å²) in [4.78, 5) is 14.4. The lowest BCUT2D eigenvalue weighted by Crippen LogP contribution is -2.51. The third kappa shape index (κ3) is 3.44. The number of piperazine rings is 1. The first-order chi connectivity index (χ1) is 11.4. The quantitative estimate of drug-likeness (QED) is 0.864. The Balaban J connectivity index is 1.82. The van der Waals surface area contributed by atoms with Crippen LogP contribution in [0.25, 0.3) is 0 Å². The normalized spacial score (nSPS) is 24.8. The van der Waals surface area contributed by atoms with Gasteiger partial charge in [0, 0.05) is 31.1 Å². The van der Waals surface area contributed by atoms with E-state index in [4.69, 9.17) is 0 Å². The van der Waals surface area contributed by atoms with Gasteiger partial charge in [0.1, 0.15) is 9.84 Å². The van der Waals surface area contributed by atoms with Gasteiger partial charge in [-0.15, -0.1) is 0 Å². The van der Waals surface area contributed by atoms with Crippen molar-refractivity contribution in [2.75, 3.05) is 31.1 Å². The highest BCUT2D eigenvalue weighted by molar-refractivity contribution is 7.91. The van der Waals surface area contributed by atoms with E-state index in [2.05, 4.69) is 5.32 Å². The smallest absolute Gasteiger partial charge is 0.226 e. The predicted octanol–water partition coefficient (Wildman–Crippen LogP) is 1.26. The first kappa shape index (κ1) is 17.3. The van der Waals surface area contributed by atoms with Crippen LogP contribution in [0.3, 0.4) is 0 Å². The van der Waals surface area contributed by atoms with Crippen molar-refractivity contribution in [3.63, 3.8) is 0 Å². The van der Waals surface area contributed by atoms with E-state index in [1.54, 1.807) is 4.90 Å². The van der Waals surface area contributed by atoms with Gasteiger partial charge in [0.15, 0.2) is 11.6 Å². The van der Waals surface area contributed by atoms with Crippen molar-refractivity contribution in [1.29, 1.82) is 0 Å². The zero-order chi connectivity index (χ0) is 17.3. The molecule has 0 aromatic heterocycles. The molecule has 8 heteroatoms. The molecule has 2 aliphatic heterocycles. The summed E-state index contributed by atoms with van der Waals surface area (Å²) in [6.07, 6.45) is 0.590. The summed E-state index contributed by atoms with van der Waals surface area (Å²) in [5.74, 6) is -2.39. The summed E-state index contributed by atoms with van der Waals surface area (Å²) >= 11 is 0. The second kappa shape index (κ2) is 6.76. The molecule has 0 aliphatic carbocycles. The average molecular weight is 358 g/mol. The molecule has 0 radical (unpaired) electrons. The summed E-state index contributed by atoms with van der Waals surface area (Å²) < 4.78 is 50.8. The monoisotopic (exact) mass is 358 g/mol. The fraction of sp³-hybridized carbons (Fsp3) is 0.562. The molecule has 1 N–H and O–H groups in total. The average Bonchev–Trinajstić information content (AvgIpc) is 2.57. The first-order valence-electron chi connectivity index (χ1n) is 8.04. The summed E-state index contributed by atoms with van der Waals surface area (Å²) in [5, 5.41) is 3.10. The lowest BCUT2D eigenvalue weighted by molar-refractivity contribution is -0.139. The molecule has 1 aromatic carbocycles. The lowest BCUT2D eigenvalue weighted by atomic mass is 9.96. The Morgan fingerprint density at radius 3 is 2.62 bits per heavy atom. The highest BCUT2D eigenvalue weighted by atomic mass is 32.2. The molecule has 2 saturated heterocycles. The van der Waals surface area contributed by atoms with Crippen molar-refractivity contribution >= 4 is 15.7 Å². The molecule has 0 saturated carbocycles. The lowest BCUT2D eigenvalue weighted by Gasteiger charge is -2.39. The molecule has 0 spiro atoms. The fourth-order valence-electron chi connectivity index (χ4n) is 3.40. The van der Waals surface area contributed by atoms with Crippen molar-refractivity contribution < 1.29 is 22.0 Å². The van der Waals surface area contributed by atoms with Crippen LogP contribution in [0.1, 0.15) is 24.4 Å². The van der Waals surface area contributed by atoms with Crippen LogP contribution in [0.15, 0.2) is 18.2 Å². The molecule has 132 valence electrons. The number of amides is 1. The zero-order valence-corrected chi connectivity index (χ0v) is 14.0. The minimum absolute atomic E-state index is 0.00842. The van der Waals surface area contributed by atoms with Gasteiger partial charge in [-0.1, -0.05) is 12.1 Å². The molecule has 5 nitrogen and oxygen atoms in total. The van der Waals surface area contributed by atoms with E-state index in [1.165, 1.54) is 12.1 Å². The maximum absolute atomic E-state index is 14.1. The molecular weight excluding hydrogens is 338 g/mol. The van der Waals surface area contributed by atoms with Crippen LogP contribution in [-0.4, -0.2) is 50.4 Å². The molecule has 2 fully saturated rings. The number of halogens is 2. The zero-order valence-electron chi connectivity index (χ0n) is 13.2. The third-order valence-electron chi connectivity index (χ3n) is 4.77. The third-order valence-corrected chi connectivity index (χ3v) is 6.49. The van der Waals surface area contributed by atoms with E-state index in [1.807, 2.05) is 0 Å². The summed E-state index contributed by atoms with van der Waals surface area (Å²) in [5.41, 5.74) is 0.152. The Morgan fingerprint density at radius 2 is 1.92 bits per heavy atom. The highest BCUT2D eigenvalue weighted by Crippen LogP contribution is 2.30. The standard InChI is InChI=1S/C16H20F2N2O3S/c17-13-3-1-2-12(15(13)18)14-10-19-6-7-20(14)16(21)11-4-8-24(22,23)9-5-11/h1-3,11,14,19H,4-10H2. The largest absolute Gasteiger partial charge is 0.333 e. The van der Waals surface area contributed by atoms with Crippen LogP contribution in [0.2, 0.25) is 0 Å². The maximum Gasteiger partial charge on any atom is 0.226 e. The molecule has 1 atom stereocenters. The van der Waals surface area contributed by atoms with Crippen LogP contribution in [0.5, 0.6) is 0 Å². The first-order valence-corrected chi connectivity index (χ1v) is 9.87. The number of carbonyl (C=O) groups is 1. The topological polar surface area (TPSA) is 66.5 Å². The number of hydrogen-bond donors (Lipinski definition) is 1. The Hall–Kier alpha value is -1.54. The van der Waals surface area contributed by atoms with Gasteiger partial charge in [-0.2, -0.15) is 0 Å². The van der Waals surface area contributed by atoms with Gasteiger partial charge in [-0.05, 0) is 18.9 Å². The molecule has 24 heavy (non-hydrogen) atoms. The fourth-order valence-corrected chi connectivity index (χ4v) is 4.89. The van der Waals surface area contributed by atoms with Crippen molar-refractivity contribution in [3.8, 4) is 0 Å². The van der Waals surface area contributed by atoms with Crippen molar-refractivity contribution in [2.45, 2.75) is 18.9 Å². The van der Waals surface area contributed by atoms with Gasteiger partial charge in [0.2, 0.25) is 5.91 Å². The van der Waals surface area contributed by atoms with E-state index in [9.17, 15) is 22.0 Å². The number of rotatable bonds is 2. The van der Waals surface area contributed by atoms with Gasteiger partial charge >= 0.3 is 0 Å². The van der Waals surface area contributed by atoms with Crippen molar-refractivity contribution in [1.82, 2.24) is 10.2 Å². The minimum atomic E-state index is -3.05. The summed E-state index contributed by atoms with van der Waals surface area (Å²) in [6.45, 7) is 1.31.